The number of benzene rings is 3. The molecule has 3 aromatic rings. The highest BCUT2D eigenvalue weighted by molar-refractivity contribution is 9.10. The van der Waals surface area contributed by atoms with Gasteiger partial charge in [0, 0.05) is 17.1 Å². The fraction of sp³-hybridized carbons (Fsp3) is 0.310. The topological polar surface area (TPSA) is 86.8 Å². The molecule has 0 bridgehead atoms. The van der Waals surface area contributed by atoms with Crippen LogP contribution in [0.2, 0.25) is 0 Å². The van der Waals surface area contributed by atoms with Crippen LogP contribution in [-0.4, -0.2) is 43.8 Å². The summed E-state index contributed by atoms with van der Waals surface area (Å²) in [6.45, 7) is 7.18. The van der Waals surface area contributed by atoms with Crippen LogP contribution in [0.15, 0.2) is 88.2 Å². The molecule has 0 saturated heterocycles. The number of nitrogens with one attached hydrogen (secondary N) is 1. The molecule has 202 valence electrons. The second kappa shape index (κ2) is 13.1. The lowest BCUT2D eigenvalue weighted by atomic mass is 10.1. The van der Waals surface area contributed by atoms with Gasteiger partial charge in [-0.25, -0.2) is 8.42 Å². The van der Waals surface area contributed by atoms with Crippen molar-refractivity contribution in [3.8, 4) is 0 Å². The molecule has 0 radical (unpaired) electrons. The summed E-state index contributed by atoms with van der Waals surface area (Å²) in [7, 11) is -4.08. The molecular weight excluding hydrogens is 566 g/mol. The zero-order valence-electron chi connectivity index (χ0n) is 22.1. The van der Waals surface area contributed by atoms with Gasteiger partial charge in [0.05, 0.1) is 10.6 Å². The Balaban J connectivity index is 2.02. The molecule has 0 heterocycles. The van der Waals surface area contributed by atoms with E-state index in [1.54, 1.807) is 49.4 Å². The molecule has 0 unspecified atom stereocenters. The minimum Gasteiger partial charge on any atom is -0.352 e. The Morgan fingerprint density at radius 3 is 2.13 bits per heavy atom. The average molecular weight is 601 g/mol. The van der Waals surface area contributed by atoms with E-state index in [-0.39, 0.29) is 23.4 Å². The van der Waals surface area contributed by atoms with Crippen molar-refractivity contribution in [3.05, 3.63) is 94.5 Å². The number of sulfonamides is 1. The van der Waals surface area contributed by atoms with Gasteiger partial charge in [0.15, 0.2) is 0 Å². The number of amides is 2. The van der Waals surface area contributed by atoms with Gasteiger partial charge in [-0.05, 0) is 74.7 Å². The number of halogens is 1. The first kappa shape index (κ1) is 29.4. The number of rotatable bonds is 11. The molecule has 0 aromatic heterocycles. The van der Waals surface area contributed by atoms with E-state index in [0.717, 1.165) is 26.3 Å². The largest absolute Gasteiger partial charge is 0.352 e. The van der Waals surface area contributed by atoms with E-state index in [2.05, 4.69) is 21.2 Å². The number of hydrogen-bond acceptors (Lipinski definition) is 4. The van der Waals surface area contributed by atoms with E-state index in [1.807, 2.05) is 45.0 Å². The molecule has 3 aromatic carbocycles. The zero-order valence-corrected chi connectivity index (χ0v) is 24.5. The Bertz CT molecular complexity index is 1350. The SMILES string of the molecule is CC[C@H](C)NC(=O)[C@@H](C)N(Cc1ccccc1C)C(=O)CN(c1ccc(Br)cc1)S(=O)(=O)c1ccccc1. The molecule has 2 atom stereocenters. The van der Waals surface area contributed by atoms with Gasteiger partial charge in [-0.15, -0.1) is 0 Å². The molecular formula is C29H34BrN3O4S. The van der Waals surface area contributed by atoms with Crippen LogP contribution >= 0.6 is 15.9 Å². The number of carbonyl (C=O) groups is 2. The summed E-state index contributed by atoms with van der Waals surface area (Å²) in [5.74, 6) is -0.773. The Hall–Kier alpha value is -3.17. The minimum atomic E-state index is -4.08. The Labute approximate surface area is 234 Å². The highest BCUT2D eigenvalue weighted by atomic mass is 79.9. The smallest absolute Gasteiger partial charge is 0.264 e. The predicted molar refractivity (Wildman–Crippen MR) is 154 cm³/mol. The molecule has 0 spiro atoms. The molecule has 0 aliphatic carbocycles. The lowest BCUT2D eigenvalue weighted by Gasteiger charge is -2.32. The van der Waals surface area contributed by atoms with E-state index < -0.39 is 28.5 Å². The van der Waals surface area contributed by atoms with E-state index in [4.69, 9.17) is 0 Å². The minimum absolute atomic E-state index is 0.0573. The van der Waals surface area contributed by atoms with Crippen molar-refractivity contribution in [2.45, 2.75) is 57.6 Å². The molecule has 2 amide bonds. The molecule has 0 aliphatic heterocycles. The van der Waals surface area contributed by atoms with Crippen LogP contribution < -0.4 is 9.62 Å². The van der Waals surface area contributed by atoms with Crippen molar-refractivity contribution in [2.24, 2.45) is 0 Å². The fourth-order valence-corrected chi connectivity index (χ4v) is 5.57. The van der Waals surface area contributed by atoms with Gasteiger partial charge < -0.3 is 10.2 Å². The summed E-state index contributed by atoms with van der Waals surface area (Å²) in [4.78, 5) is 28.5. The summed E-state index contributed by atoms with van der Waals surface area (Å²) < 4.78 is 29.4. The second-order valence-corrected chi connectivity index (χ2v) is 12.0. The van der Waals surface area contributed by atoms with Crippen LogP contribution in [0.1, 0.15) is 38.3 Å². The molecule has 0 saturated carbocycles. The van der Waals surface area contributed by atoms with Crippen LogP contribution in [0.5, 0.6) is 0 Å². The van der Waals surface area contributed by atoms with Crippen molar-refractivity contribution in [1.29, 1.82) is 0 Å². The standard InChI is InChI=1S/C29H34BrN3O4S/c1-5-22(3)31-29(35)23(4)32(19-24-12-10-9-11-21(24)2)28(34)20-33(26-17-15-25(30)16-18-26)38(36,37)27-13-7-6-8-14-27/h6-18,22-23H,5,19-20H2,1-4H3,(H,31,35)/t22-,23+/m0/s1. The number of hydrogen-bond donors (Lipinski definition) is 1. The highest BCUT2D eigenvalue weighted by Crippen LogP contribution is 2.26. The summed E-state index contributed by atoms with van der Waals surface area (Å²) in [6, 6.07) is 21.5. The normalized spacial score (nSPS) is 12.9. The summed E-state index contributed by atoms with van der Waals surface area (Å²) in [5, 5.41) is 2.94. The van der Waals surface area contributed by atoms with Gasteiger partial charge in [-0.2, -0.15) is 0 Å². The van der Waals surface area contributed by atoms with Crippen LogP contribution in [0.4, 0.5) is 5.69 Å². The van der Waals surface area contributed by atoms with E-state index in [0.29, 0.717) is 5.69 Å². The number of carbonyl (C=O) groups excluding carboxylic acids is 2. The summed E-state index contributed by atoms with van der Waals surface area (Å²) in [6.07, 6.45) is 0.747. The van der Waals surface area contributed by atoms with Gasteiger partial charge in [-0.1, -0.05) is 65.3 Å². The molecule has 0 aliphatic rings. The zero-order chi connectivity index (χ0) is 27.9. The van der Waals surface area contributed by atoms with Crippen LogP contribution in [0.25, 0.3) is 0 Å². The molecule has 9 heteroatoms. The average Bonchev–Trinajstić information content (AvgIpc) is 2.91. The van der Waals surface area contributed by atoms with Gasteiger partial charge >= 0.3 is 0 Å². The third-order valence-corrected chi connectivity index (χ3v) is 8.81. The molecule has 38 heavy (non-hydrogen) atoms. The van der Waals surface area contributed by atoms with Crippen molar-refractivity contribution in [2.75, 3.05) is 10.8 Å². The van der Waals surface area contributed by atoms with Crippen molar-refractivity contribution < 1.29 is 18.0 Å². The van der Waals surface area contributed by atoms with Crippen molar-refractivity contribution in [1.82, 2.24) is 10.2 Å². The fourth-order valence-electron chi connectivity index (χ4n) is 3.87. The third kappa shape index (κ3) is 7.23. The van der Waals surface area contributed by atoms with Crippen LogP contribution in [0.3, 0.4) is 0 Å². The van der Waals surface area contributed by atoms with E-state index in [1.165, 1.54) is 17.0 Å². The number of aryl methyl sites for hydroxylation is 1. The molecule has 7 nitrogen and oxygen atoms in total. The number of anilines is 1. The van der Waals surface area contributed by atoms with Gasteiger partial charge in [0.2, 0.25) is 11.8 Å². The molecule has 3 rings (SSSR count). The quantitative estimate of drug-likeness (QED) is 0.324. The Morgan fingerprint density at radius 1 is 0.921 bits per heavy atom. The van der Waals surface area contributed by atoms with E-state index in [9.17, 15) is 18.0 Å². The van der Waals surface area contributed by atoms with Gasteiger partial charge in [0.1, 0.15) is 12.6 Å². The van der Waals surface area contributed by atoms with Crippen molar-refractivity contribution in [3.63, 3.8) is 0 Å². The monoisotopic (exact) mass is 599 g/mol. The van der Waals surface area contributed by atoms with Gasteiger partial charge in [-0.3, -0.25) is 13.9 Å². The first-order valence-electron chi connectivity index (χ1n) is 12.5. The van der Waals surface area contributed by atoms with Crippen molar-refractivity contribution >= 4 is 43.5 Å². The summed E-state index contributed by atoms with van der Waals surface area (Å²) >= 11 is 3.38. The lowest BCUT2D eigenvalue weighted by molar-refractivity contribution is -0.139. The third-order valence-electron chi connectivity index (χ3n) is 6.49. The lowest BCUT2D eigenvalue weighted by Crippen LogP contribution is -2.52. The maximum Gasteiger partial charge on any atom is 0.264 e. The Morgan fingerprint density at radius 2 is 1.53 bits per heavy atom. The van der Waals surface area contributed by atoms with Gasteiger partial charge in [0.25, 0.3) is 10.0 Å². The molecule has 1 N–H and O–H groups in total. The second-order valence-electron chi connectivity index (χ2n) is 9.24. The predicted octanol–water partition coefficient (Wildman–Crippen LogP) is 5.28. The Kier molecular flexibility index (Phi) is 10.1. The number of nitrogens with zero attached hydrogens (tertiary/aromatic N) is 2. The molecule has 0 fully saturated rings. The highest BCUT2D eigenvalue weighted by Gasteiger charge is 2.32. The maximum absolute atomic E-state index is 13.9. The first-order valence-corrected chi connectivity index (χ1v) is 14.8. The van der Waals surface area contributed by atoms with Crippen LogP contribution in [0, 0.1) is 6.92 Å². The van der Waals surface area contributed by atoms with E-state index >= 15 is 0 Å². The summed E-state index contributed by atoms with van der Waals surface area (Å²) in [5.41, 5.74) is 2.20. The maximum atomic E-state index is 13.9. The van der Waals surface area contributed by atoms with Crippen LogP contribution in [-0.2, 0) is 26.2 Å². The first-order chi connectivity index (χ1) is 18.0.